The van der Waals surface area contributed by atoms with Crippen LogP contribution in [0.25, 0.3) is 11.3 Å². The van der Waals surface area contributed by atoms with Gasteiger partial charge in [0.15, 0.2) is 5.16 Å². The molecule has 3 aromatic rings. The number of benzene rings is 2. The van der Waals surface area contributed by atoms with Crippen molar-refractivity contribution in [1.29, 1.82) is 0 Å². The topological polar surface area (TPSA) is 46.9 Å². The molecule has 0 bridgehead atoms. The Labute approximate surface area is 169 Å². The lowest BCUT2D eigenvalue weighted by atomic mass is 10.2. The van der Waals surface area contributed by atoms with E-state index in [0.29, 0.717) is 16.8 Å². The molecule has 0 fully saturated rings. The van der Waals surface area contributed by atoms with Crippen LogP contribution in [0.5, 0.6) is 0 Å². The molecule has 0 aliphatic heterocycles. The molecular formula is C20H17F4N3OS. The van der Waals surface area contributed by atoms with E-state index in [2.05, 4.69) is 10.3 Å². The lowest BCUT2D eigenvalue weighted by Gasteiger charge is -2.14. The summed E-state index contributed by atoms with van der Waals surface area (Å²) in [7, 11) is 0. The summed E-state index contributed by atoms with van der Waals surface area (Å²) in [6, 6.07) is 14.6. The Morgan fingerprint density at radius 2 is 1.76 bits per heavy atom. The van der Waals surface area contributed by atoms with Crippen LogP contribution >= 0.6 is 11.8 Å². The number of halogens is 4. The van der Waals surface area contributed by atoms with Gasteiger partial charge in [0.05, 0.1) is 17.6 Å². The quantitative estimate of drug-likeness (QED) is 0.444. The summed E-state index contributed by atoms with van der Waals surface area (Å²) in [5.74, 6) is -1.01. The molecule has 9 heteroatoms. The van der Waals surface area contributed by atoms with Crippen molar-refractivity contribution in [2.45, 2.75) is 24.4 Å². The Hall–Kier alpha value is -2.81. The highest BCUT2D eigenvalue weighted by Gasteiger charge is 2.31. The summed E-state index contributed by atoms with van der Waals surface area (Å²) >= 11 is 0.897. The van der Waals surface area contributed by atoms with Crippen LogP contribution in [0.2, 0.25) is 0 Å². The molecule has 1 amide bonds. The molecule has 1 heterocycles. The maximum absolute atomic E-state index is 13.6. The van der Waals surface area contributed by atoms with Gasteiger partial charge in [0.25, 0.3) is 0 Å². The van der Waals surface area contributed by atoms with Crippen molar-refractivity contribution >= 4 is 17.7 Å². The highest BCUT2D eigenvalue weighted by atomic mass is 32.2. The van der Waals surface area contributed by atoms with E-state index in [-0.39, 0.29) is 17.5 Å². The van der Waals surface area contributed by atoms with E-state index in [0.717, 1.165) is 16.3 Å². The number of imidazole rings is 1. The third-order valence-electron chi connectivity index (χ3n) is 3.99. The minimum Gasteiger partial charge on any atom is -0.351 e. The van der Waals surface area contributed by atoms with Gasteiger partial charge in [-0.2, -0.15) is 13.2 Å². The predicted octanol–water partition coefficient (Wildman–Crippen LogP) is 4.66. The Bertz CT molecular complexity index is 973. The molecule has 0 radical (unpaired) electrons. The third-order valence-corrected chi connectivity index (χ3v) is 4.98. The summed E-state index contributed by atoms with van der Waals surface area (Å²) in [5.41, 5.74) is 1.24. The number of alkyl halides is 3. The normalized spacial score (nSPS) is 11.4. The van der Waals surface area contributed by atoms with Crippen LogP contribution in [0, 0.1) is 5.82 Å². The summed E-state index contributed by atoms with van der Waals surface area (Å²) < 4.78 is 53.8. The summed E-state index contributed by atoms with van der Waals surface area (Å²) in [6.45, 7) is -1.21. The molecule has 152 valence electrons. The zero-order chi connectivity index (χ0) is 20.9. The average molecular weight is 423 g/mol. The molecule has 4 nitrogen and oxygen atoms in total. The lowest BCUT2D eigenvalue weighted by Crippen LogP contribution is -2.25. The number of carbonyl (C=O) groups is 1. The van der Waals surface area contributed by atoms with Gasteiger partial charge in [-0.25, -0.2) is 9.37 Å². The van der Waals surface area contributed by atoms with Crippen molar-refractivity contribution in [3.8, 4) is 11.3 Å². The number of nitrogens with one attached hydrogen (secondary N) is 1. The van der Waals surface area contributed by atoms with E-state index in [1.54, 1.807) is 48.5 Å². The second-order valence-electron chi connectivity index (χ2n) is 6.15. The molecule has 1 N–H and O–H groups in total. The largest absolute Gasteiger partial charge is 0.406 e. The third kappa shape index (κ3) is 5.83. The molecule has 0 aliphatic carbocycles. The molecule has 0 aliphatic rings. The highest BCUT2D eigenvalue weighted by Crippen LogP contribution is 2.29. The minimum absolute atomic E-state index is 0.00166. The van der Waals surface area contributed by atoms with Gasteiger partial charge in [0.1, 0.15) is 12.4 Å². The fourth-order valence-electron chi connectivity index (χ4n) is 2.66. The van der Waals surface area contributed by atoms with Crippen LogP contribution in [0.1, 0.15) is 5.56 Å². The Balaban J connectivity index is 1.69. The maximum atomic E-state index is 13.6. The maximum Gasteiger partial charge on any atom is 0.406 e. The van der Waals surface area contributed by atoms with Crippen LogP contribution in [-0.4, -0.2) is 27.4 Å². The highest BCUT2D eigenvalue weighted by molar-refractivity contribution is 7.99. The van der Waals surface area contributed by atoms with Gasteiger partial charge < -0.3 is 9.88 Å². The molecule has 0 saturated carbocycles. The van der Waals surface area contributed by atoms with Gasteiger partial charge in [-0.05, 0) is 11.6 Å². The van der Waals surface area contributed by atoms with Gasteiger partial charge >= 0.3 is 6.18 Å². The molecule has 1 aromatic heterocycles. The van der Waals surface area contributed by atoms with E-state index in [4.69, 9.17) is 0 Å². The van der Waals surface area contributed by atoms with Crippen molar-refractivity contribution in [2.24, 2.45) is 0 Å². The Morgan fingerprint density at radius 1 is 1.07 bits per heavy atom. The Morgan fingerprint density at radius 3 is 2.45 bits per heavy atom. The van der Waals surface area contributed by atoms with E-state index < -0.39 is 24.4 Å². The SMILES string of the molecule is O=C(CSc1ncc(-c2ccccc2)n1CC(F)(F)F)NCc1ccccc1F. The Kier molecular flexibility index (Phi) is 6.58. The van der Waals surface area contributed by atoms with Gasteiger partial charge in [-0.15, -0.1) is 0 Å². The number of aromatic nitrogens is 2. The molecule has 0 atom stereocenters. The van der Waals surface area contributed by atoms with Crippen molar-refractivity contribution in [3.05, 3.63) is 72.2 Å². The predicted molar refractivity (Wildman–Crippen MR) is 103 cm³/mol. The number of hydrogen-bond acceptors (Lipinski definition) is 3. The van der Waals surface area contributed by atoms with Crippen molar-refractivity contribution in [2.75, 3.05) is 5.75 Å². The van der Waals surface area contributed by atoms with E-state index in [9.17, 15) is 22.4 Å². The van der Waals surface area contributed by atoms with E-state index in [1.807, 2.05) is 0 Å². The van der Waals surface area contributed by atoms with Gasteiger partial charge in [0, 0.05) is 12.1 Å². The first-order chi connectivity index (χ1) is 13.8. The van der Waals surface area contributed by atoms with Gasteiger partial charge in [-0.3, -0.25) is 4.79 Å². The fraction of sp³-hybridized carbons (Fsp3) is 0.200. The second kappa shape index (κ2) is 9.13. The van der Waals surface area contributed by atoms with Crippen molar-refractivity contribution in [1.82, 2.24) is 14.9 Å². The van der Waals surface area contributed by atoms with E-state index >= 15 is 0 Å². The van der Waals surface area contributed by atoms with E-state index in [1.165, 1.54) is 12.3 Å². The number of carbonyl (C=O) groups excluding carboxylic acids is 1. The molecule has 2 aromatic carbocycles. The minimum atomic E-state index is -4.44. The average Bonchev–Trinajstić information content (AvgIpc) is 3.07. The number of amides is 1. The first kappa shape index (κ1) is 20.9. The van der Waals surface area contributed by atoms with Crippen molar-refractivity contribution < 1.29 is 22.4 Å². The fourth-order valence-corrected chi connectivity index (χ4v) is 3.47. The molecule has 3 rings (SSSR count). The standard InChI is InChI=1S/C20H17F4N3OS/c21-16-9-5-4-8-15(16)10-25-18(28)12-29-19-26-11-17(14-6-2-1-3-7-14)27(19)13-20(22,23)24/h1-9,11H,10,12-13H2,(H,25,28). The monoisotopic (exact) mass is 423 g/mol. The van der Waals surface area contributed by atoms with Crippen LogP contribution in [0.4, 0.5) is 17.6 Å². The lowest BCUT2D eigenvalue weighted by molar-refractivity contribution is -0.141. The number of thioether (sulfide) groups is 1. The molecule has 0 unspecified atom stereocenters. The van der Waals surface area contributed by atoms with Gasteiger partial charge in [-0.1, -0.05) is 60.3 Å². The zero-order valence-electron chi connectivity index (χ0n) is 15.1. The van der Waals surface area contributed by atoms with Crippen LogP contribution in [-0.2, 0) is 17.9 Å². The molecule has 0 saturated heterocycles. The zero-order valence-corrected chi connectivity index (χ0v) is 15.9. The smallest absolute Gasteiger partial charge is 0.351 e. The number of hydrogen-bond donors (Lipinski definition) is 1. The number of nitrogens with zero attached hydrogens (tertiary/aromatic N) is 2. The summed E-state index contributed by atoms with van der Waals surface area (Å²) in [5, 5.41) is 2.64. The molecular weight excluding hydrogens is 406 g/mol. The van der Waals surface area contributed by atoms with Gasteiger partial charge in [0.2, 0.25) is 5.91 Å². The number of rotatable bonds is 7. The molecule has 0 spiro atoms. The summed E-state index contributed by atoms with van der Waals surface area (Å²) in [4.78, 5) is 16.1. The van der Waals surface area contributed by atoms with Crippen LogP contribution in [0.3, 0.4) is 0 Å². The van der Waals surface area contributed by atoms with Crippen LogP contribution in [0.15, 0.2) is 66.0 Å². The van der Waals surface area contributed by atoms with Crippen LogP contribution < -0.4 is 5.32 Å². The molecule has 29 heavy (non-hydrogen) atoms. The second-order valence-corrected chi connectivity index (χ2v) is 7.09. The first-order valence-corrected chi connectivity index (χ1v) is 9.62. The summed E-state index contributed by atoms with van der Waals surface area (Å²) in [6.07, 6.45) is -3.08. The van der Waals surface area contributed by atoms with Crippen molar-refractivity contribution in [3.63, 3.8) is 0 Å². The first-order valence-electron chi connectivity index (χ1n) is 8.64.